The Morgan fingerprint density at radius 3 is 2.69 bits per heavy atom. The number of hydrazone groups is 1. The zero-order valence-electron chi connectivity index (χ0n) is 21.2. The number of amidine groups is 1. The molecule has 36 heavy (non-hydrogen) atoms. The minimum Gasteiger partial charge on any atom is -0.493 e. The summed E-state index contributed by atoms with van der Waals surface area (Å²) < 4.78 is 10.6. The highest BCUT2D eigenvalue weighted by Gasteiger charge is 2.44. The molecule has 1 amide bonds. The lowest BCUT2D eigenvalue weighted by Gasteiger charge is -2.37. The summed E-state index contributed by atoms with van der Waals surface area (Å²) in [4.78, 5) is 14.7. The number of hydrogen-bond acceptors (Lipinski definition) is 8. The van der Waals surface area contributed by atoms with E-state index in [0.717, 1.165) is 17.8 Å². The number of carbonyl (C=O) groups excluding carboxylic acids is 1. The van der Waals surface area contributed by atoms with Gasteiger partial charge in [-0.25, -0.2) is 5.43 Å². The van der Waals surface area contributed by atoms with E-state index < -0.39 is 0 Å². The lowest BCUT2D eigenvalue weighted by Crippen LogP contribution is -2.54. The molecule has 0 spiro atoms. The van der Waals surface area contributed by atoms with Crippen molar-refractivity contribution in [3.8, 4) is 11.5 Å². The second-order valence-corrected chi connectivity index (χ2v) is 9.51. The molecular weight excluding hydrogens is 456 g/mol. The Kier molecular flexibility index (Phi) is 6.73. The number of methoxy groups -OCH3 is 2. The lowest BCUT2D eigenvalue weighted by atomic mass is 9.97. The van der Waals surface area contributed by atoms with Crippen LogP contribution in [0.4, 0.5) is 0 Å². The Hall–Kier alpha value is -3.72. The molecule has 9 nitrogen and oxygen atoms in total. The van der Waals surface area contributed by atoms with Gasteiger partial charge in [-0.1, -0.05) is 24.3 Å². The minimum atomic E-state index is -0.0177. The Balaban J connectivity index is 1.13. The number of nitrogens with one attached hydrogen (secondary N) is 3. The molecule has 3 N–H and O–H groups in total. The largest absolute Gasteiger partial charge is 0.493 e. The van der Waals surface area contributed by atoms with Crippen LogP contribution in [0.5, 0.6) is 11.5 Å². The van der Waals surface area contributed by atoms with Crippen molar-refractivity contribution in [2.24, 2.45) is 5.10 Å². The molecule has 9 heteroatoms. The fraction of sp³-hybridized carbons (Fsp3) is 0.407. The van der Waals surface area contributed by atoms with E-state index in [1.165, 1.54) is 16.7 Å². The predicted octanol–water partition coefficient (Wildman–Crippen LogP) is 3.07. The van der Waals surface area contributed by atoms with Gasteiger partial charge in [0.25, 0.3) is 0 Å². The van der Waals surface area contributed by atoms with E-state index in [9.17, 15) is 4.79 Å². The first kappa shape index (κ1) is 24.0. The third-order valence-corrected chi connectivity index (χ3v) is 7.26. The Labute approximate surface area is 212 Å². The number of fused-ring (bicyclic) bond motifs is 3. The quantitative estimate of drug-likeness (QED) is 0.524. The first-order valence-electron chi connectivity index (χ1n) is 12.3. The summed E-state index contributed by atoms with van der Waals surface area (Å²) in [7, 11) is 3.20. The number of rotatable bonds is 8. The molecule has 0 saturated carbocycles. The van der Waals surface area contributed by atoms with Crippen molar-refractivity contribution in [1.82, 2.24) is 26.1 Å². The molecule has 5 rings (SSSR count). The van der Waals surface area contributed by atoms with Crippen molar-refractivity contribution >= 4 is 11.7 Å². The summed E-state index contributed by atoms with van der Waals surface area (Å²) in [5.74, 6) is 2.18. The molecule has 190 valence electrons. The second-order valence-electron chi connectivity index (χ2n) is 9.51. The zero-order chi connectivity index (χ0) is 25.2. The van der Waals surface area contributed by atoms with Crippen LogP contribution in [0.3, 0.4) is 0 Å². The van der Waals surface area contributed by atoms with Gasteiger partial charge in [0, 0.05) is 31.8 Å². The predicted molar refractivity (Wildman–Crippen MR) is 138 cm³/mol. The number of ether oxygens (including phenoxy) is 2. The van der Waals surface area contributed by atoms with Gasteiger partial charge in [-0.3, -0.25) is 10.2 Å². The number of hydrazine groups is 1. The minimum absolute atomic E-state index is 0.0177. The molecule has 0 aromatic heterocycles. The molecule has 3 aliphatic heterocycles. The fourth-order valence-corrected chi connectivity index (χ4v) is 5.01. The first-order chi connectivity index (χ1) is 17.5. The molecule has 0 radical (unpaired) electrons. The summed E-state index contributed by atoms with van der Waals surface area (Å²) in [6.07, 6.45) is 6.05. The van der Waals surface area contributed by atoms with E-state index in [0.29, 0.717) is 30.9 Å². The summed E-state index contributed by atoms with van der Waals surface area (Å²) >= 11 is 0. The summed E-state index contributed by atoms with van der Waals surface area (Å²) in [5, 5.41) is 9.74. The van der Waals surface area contributed by atoms with Crippen molar-refractivity contribution < 1.29 is 14.3 Å². The van der Waals surface area contributed by atoms with Crippen LogP contribution >= 0.6 is 0 Å². The van der Waals surface area contributed by atoms with Crippen LogP contribution in [0.15, 0.2) is 53.9 Å². The van der Waals surface area contributed by atoms with Crippen molar-refractivity contribution in [3.63, 3.8) is 0 Å². The van der Waals surface area contributed by atoms with Crippen LogP contribution in [0.1, 0.15) is 47.6 Å². The van der Waals surface area contributed by atoms with Gasteiger partial charge in [-0.15, -0.1) is 0 Å². The van der Waals surface area contributed by atoms with E-state index >= 15 is 0 Å². The van der Waals surface area contributed by atoms with Gasteiger partial charge in [-0.05, 0) is 54.7 Å². The van der Waals surface area contributed by atoms with Crippen LogP contribution < -0.4 is 25.6 Å². The van der Waals surface area contributed by atoms with Gasteiger partial charge in [0.2, 0.25) is 5.91 Å². The van der Waals surface area contributed by atoms with E-state index in [2.05, 4.69) is 69.4 Å². The third kappa shape index (κ3) is 4.70. The second kappa shape index (κ2) is 10.1. The molecule has 3 aliphatic rings. The number of aryl methyl sites for hydroxylation is 2. The smallest absolute Gasteiger partial charge is 0.220 e. The molecule has 2 aromatic rings. The summed E-state index contributed by atoms with van der Waals surface area (Å²) in [5.41, 5.74) is 11.8. The molecule has 3 unspecified atom stereocenters. The van der Waals surface area contributed by atoms with Crippen LogP contribution in [0, 0.1) is 13.8 Å². The van der Waals surface area contributed by atoms with Gasteiger partial charge in [0.05, 0.1) is 26.3 Å². The monoisotopic (exact) mass is 490 g/mol. The number of nitrogens with zero attached hydrogens (tertiary/aromatic N) is 3. The first-order valence-corrected chi connectivity index (χ1v) is 12.3. The van der Waals surface area contributed by atoms with Crippen molar-refractivity contribution in [3.05, 3.63) is 71.1 Å². The van der Waals surface area contributed by atoms with E-state index in [1.807, 2.05) is 24.4 Å². The third-order valence-electron chi connectivity index (χ3n) is 7.26. The van der Waals surface area contributed by atoms with Crippen molar-refractivity contribution in [1.29, 1.82) is 0 Å². The number of carbonyl (C=O) groups is 1. The summed E-state index contributed by atoms with van der Waals surface area (Å²) in [6, 6.07) is 12.8. The lowest BCUT2D eigenvalue weighted by molar-refractivity contribution is -0.121. The Morgan fingerprint density at radius 1 is 1.08 bits per heavy atom. The molecule has 2 aromatic carbocycles. The van der Waals surface area contributed by atoms with Crippen LogP contribution in [0.2, 0.25) is 0 Å². The summed E-state index contributed by atoms with van der Waals surface area (Å²) in [6.45, 7) is 4.73. The number of amides is 1. The van der Waals surface area contributed by atoms with Gasteiger partial charge >= 0.3 is 0 Å². The van der Waals surface area contributed by atoms with E-state index in [1.54, 1.807) is 14.2 Å². The molecule has 0 aliphatic carbocycles. The van der Waals surface area contributed by atoms with Crippen LogP contribution in [0.25, 0.3) is 0 Å². The molecule has 1 fully saturated rings. The highest BCUT2D eigenvalue weighted by Crippen LogP contribution is 2.35. The topological polar surface area (TPSA) is 90.5 Å². The highest BCUT2D eigenvalue weighted by molar-refractivity contribution is 5.89. The number of hydrogen-bond donors (Lipinski definition) is 3. The van der Waals surface area contributed by atoms with Crippen LogP contribution in [-0.4, -0.2) is 48.1 Å². The van der Waals surface area contributed by atoms with E-state index in [-0.39, 0.29) is 24.2 Å². The maximum Gasteiger partial charge on any atom is 0.220 e. The van der Waals surface area contributed by atoms with Crippen molar-refractivity contribution in [2.75, 3.05) is 14.2 Å². The van der Waals surface area contributed by atoms with Crippen LogP contribution in [-0.2, 0) is 11.3 Å². The average Bonchev–Trinajstić information content (AvgIpc) is 3.51. The Bertz CT molecular complexity index is 1200. The normalized spacial score (nSPS) is 22.0. The fourth-order valence-electron chi connectivity index (χ4n) is 5.01. The molecule has 1 saturated heterocycles. The molecule has 3 atom stereocenters. The molecular formula is C27H34N6O3. The maximum atomic E-state index is 12.5. The van der Waals surface area contributed by atoms with E-state index in [4.69, 9.17) is 9.47 Å². The Morgan fingerprint density at radius 2 is 1.92 bits per heavy atom. The highest BCUT2D eigenvalue weighted by atomic mass is 16.5. The van der Waals surface area contributed by atoms with Gasteiger partial charge < -0.3 is 24.7 Å². The van der Waals surface area contributed by atoms with Gasteiger partial charge in [0.15, 0.2) is 11.5 Å². The SMILES string of the molecule is COc1ccc(CNC(=O)CCC2=NNC3C4CC(c5ccc(C)c(C)c5)NN4C=CN23)cc1OC. The number of benzene rings is 2. The van der Waals surface area contributed by atoms with Gasteiger partial charge in [-0.2, -0.15) is 5.10 Å². The maximum absolute atomic E-state index is 12.5. The van der Waals surface area contributed by atoms with Gasteiger partial charge in [0.1, 0.15) is 12.0 Å². The average molecular weight is 491 g/mol. The zero-order valence-corrected chi connectivity index (χ0v) is 21.2. The molecule has 3 heterocycles. The standard InChI is InChI=1S/C27H34N6O3/c1-17-5-7-20(13-18(17)2)21-15-22-27-30-29-25(32(27)11-12-33(22)31-21)9-10-26(34)28-16-19-6-8-23(35-3)24(14-19)36-4/h5-8,11-14,21-22,27,30-31H,9-10,15-16H2,1-4H3,(H,28,34). The van der Waals surface area contributed by atoms with Crippen molar-refractivity contribution in [2.45, 2.75) is 57.9 Å². The molecule has 0 bridgehead atoms.